The van der Waals surface area contributed by atoms with Gasteiger partial charge in [-0.05, 0) is 69.3 Å². The van der Waals surface area contributed by atoms with Gasteiger partial charge in [0.05, 0.1) is 31.5 Å². The fourth-order valence-corrected chi connectivity index (χ4v) is 4.71. The number of halogens is 3. The van der Waals surface area contributed by atoms with Crippen molar-refractivity contribution in [3.05, 3.63) is 35.4 Å². The van der Waals surface area contributed by atoms with Crippen LogP contribution in [0.25, 0.3) is 0 Å². The number of aryl methyl sites for hydroxylation is 2. The summed E-state index contributed by atoms with van der Waals surface area (Å²) in [5, 5.41) is 102. The van der Waals surface area contributed by atoms with Crippen molar-refractivity contribution < 1.29 is 55.9 Å². The van der Waals surface area contributed by atoms with E-state index in [1.807, 2.05) is 12.1 Å². The molecule has 0 saturated carbocycles. The van der Waals surface area contributed by atoms with Crippen LogP contribution < -0.4 is 16.8 Å². The number of benzene rings is 1. The summed E-state index contributed by atoms with van der Waals surface area (Å²) in [6.07, 6.45) is -9.96. The zero-order valence-corrected chi connectivity index (χ0v) is 28.9. The van der Waals surface area contributed by atoms with Gasteiger partial charge in [-0.25, -0.2) is 0 Å². The van der Waals surface area contributed by atoms with Crippen LogP contribution in [0.4, 0.5) is 0 Å². The average molecular weight is 744 g/mol. The van der Waals surface area contributed by atoms with Gasteiger partial charge in [0.1, 0.15) is 36.6 Å². The van der Waals surface area contributed by atoms with Gasteiger partial charge in [0.25, 0.3) is 0 Å². The van der Waals surface area contributed by atoms with Gasteiger partial charge in [-0.2, -0.15) is 0 Å². The number of nitrogens with two attached hydrogens (primary N) is 2. The van der Waals surface area contributed by atoms with E-state index in [9.17, 15) is 45.6 Å². The first-order valence-electron chi connectivity index (χ1n) is 15.0. The summed E-state index contributed by atoms with van der Waals surface area (Å²) in [4.78, 5) is 13.5. The molecule has 0 aliphatic heterocycles. The third kappa shape index (κ3) is 19.1. The molecule has 9 unspecified atom stereocenters. The maximum absolute atomic E-state index is 12.1. The standard InChI is InChI=1S/C29H54N4O11.3ClH/c30-11-2-1-4-18-5-7-19(8-6-18)9-10-20(29(31)44)32-12-3-13-33(14-21(36)25(40)27(42)23(38)16-34)15-22(37)26(41)28(43)24(39)17-35;;;/h5-8,20-28,32,34-43H,1-4,9-17,30H2,(H2,31,44);3*1H. The minimum atomic E-state index is -1.88. The van der Waals surface area contributed by atoms with E-state index in [-0.39, 0.29) is 63.4 Å². The van der Waals surface area contributed by atoms with Crippen molar-refractivity contribution in [1.82, 2.24) is 10.2 Å². The molecule has 0 heterocycles. The van der Waals surface area contributed by atoms with Gasteiger partial charge in [0.15, 0.2) is 0 Å². The van der Waals surface area contributed by atoms with Crippen LogP contribution in [0.1, 0.15) is 36.8 Å². The molecule has 0 spiro atoms. The predicted molar refractivity (Wildman–Crippen MR) is 183 cm³/mol. The molecular formula is C29H57Cl3N4O11. The number of nitrogens with one attached hydrogen (secondary N) is 1. The van der Waals surface area contributed by atoms with E-state index >= 15 is 0 Å². The summed E-state index contributed by atoms with van der Waals surface area (Å²) in [5.41, 5.74) is 13.4. The topological polar surface area (TPSA) is 287 Å². The van der Waals surface area contributed by atoms with E-state index in [0.29, 0.717) is 25.8 Å². The number of carbonyl (C=O) groups is 1. The summed E-state index contributed by atoms with van der Waals surface area (Å²) in [6.45, 7) is -1.42. The highest BCUT2D eigenvalue weighted by atomic mass is 35.5. The molecule has 1 rings (SSSR count). The van der Waals surface area contributed by atoms with Crippen LogP contribution in [0.2, 0.25) is 0 Å². The Balaban J connectivity index is -0.00000645. The predicted octanol–water partition coefficient (Wildman–Crippen LogP) is -3.83. The first-order chi connectivity index (χ1) is 20.9. The van der Waals surface area contributed by atoms with Crippen LogP contribution in [-0.4, -0.2) is 163 Å². The Bertz CT molecular complexity index is 887. The van der Waals surface area contributed by atoms with Crippen molar-refractivity contribution >= 4 is 43.1 Å². The van der Waals surface area contributed by atoms with Crippen molar-refractivity contribution in [2.75, 3.05) is 45.9 Å². The molecule has 0 radical (unpaired) electrons. The fraction of sp³-hybridized carbons (Fsp3) is 0.759. The highest BCUT2D eigenvalue weighted by molar-refractivity contribution is 5.86. The van der Waals surface area contributed by atoms with Crippen molar-refractivity contribution in [2.24, 2.45) is 11.5 Å². The Hall–Kier alpha value is -0.960. The normalized spacial score (nSPS) is 17.1. The molecule has 1 amide bonds. The molecule has 18 heteroatoms. The summed E-state index contributed by atoms with van der Waals surface area (Å²) >= 11 is 0. The summed E-state index contributed by atoms with van der Waals surface area (Å²) in [7, 11) is 0. The molecule has 0 aliphatic rings. The molecule has 0 bridgehead atoms. The van der Waals surface area contributed by atoms with Crippen molar-refractivity contribution in [2.45, 2.75) is 93.4 Å². The van der Waals surface area contributed by atoms with E-state index in [1.54, 1.807) is 0 Å². The highest BCUT2D eigenvalue weighted by Crippen LogP contribution is 2.13. The molecule has 280 valence electrons. The number of carbonyl (C=O) groups excluding carboxylic acids is 1. The molecule has 0 saturated heterocycles. The molecule has 47 heavy (non-hydrogen) atoms. The lowest BCUT2D eigenvalue weighted by atomic mass is 10.0. The Morgan fingerprint density at radius 3 is 1.51 bits per heavy atom. The number of amides is 1. The molecule has 1 aromatic rings. The van der Waals surface area contributed by atoms with Gasteiger partial charge in [0.2, 0.25) is 5.91 Å². The van der Waals surface area contributed by atoms with Crippen LogP contribution in [0.15, 0.2) is 24.3 Å². The molecule has 9 atom stereocenters. The molecule has 0 fully saturated rings. The maximum Gasteiger partial charge on any atom is 0.234 e. The number of nitrogens with zero attached hydrogens (tertiary/aromatic N) is 1. The van der Waals surface area contributed by atoms with E-state index in [1.165, 1.54) is 10.5 Å². The number of aliphatic hydroxyl groups is 10. The third-order valence-corrected chi connectivity index (χ3v) is 7.59. The fourth-order valence-electron chi connectivity index (χ4n) is 4.71. The quantitative estimate of drug-likeness (QED) is 0.0428. The number of rotatable bonds is 25. The molecule has 15 N–H and O–H groups in total. The monoisotopic (exact) mass is 742 g/mol. The average Bonchev–Trinajstić information content (AvgIpc) is 3.02. The maximum atomic E-state index is 12.1. The molecule has 15 nitrogen and oxygen atoms in total. The molecule has 1 aromatic carbocycles. The third-order valence-electron chi connectivity index (χ3n) is 7.59. The second kappa shape index (κ2) is 27.8. The smallest absolute Gasteiger partial charge is 0.234 e. The number of unbranched alkanes of at least 4 members (excludes halogenated alkanes) is 1. The number of aliphatic hydroxyl groups excluding tert-OH is 10. The first kappa shape index (κ1) is 50.4. The number of hydrogen-bond acceptors (Lipinski definition) is 14. The van der Waals surface area contributed by atoms with Crippen LogP contribution in [0.3, 0.4) is 0 Å². The second-order valence-corrected chi connectivity index (χ2v) is 11.2. The summed E-state index contributed by atoms with van der Waals surface area (Å²) in [5.74, 6) is -0.537. The molecule has 0 aliphatic carbocycles. The number of hydrogen-bond donors (Lipinski definition) is 13. The Morgan fingerprint density at radius 2 is 1.11 bits per heavy atom. The SMILES string of the molecule is Cl.Cl.Cl.NCCCCc1ccc(CCC(NCCCN(CC(O)C(O)C(O)C(O)CO)CC(O)C(O)C(O)C(O)CO)C(N)=O)cc1. The minimum Gasteiger partial charge on any atom is -0.394 e. The largest absolute Gasteiger partial charge is 0.394 e. The van der Waals surface area contributed by atoms with Gasteiger partial charge < -0.3 is 67.8 Å². The van der Waals surface area contributed by atoms with Crippen LogP contribution in [0.5, 0.6) is 0 Å². The van der Waals surface area contributed by atoms with Crippen molar-refractivity contribution in [1.29, 1.82) is 0 Å². The van der Waals surface area contributed by atoms with Gasteiger partial charge >= 0.3 is 0 Å². The molecule has 0 aromatic heterocycles. The van der Waals surface area contributed by atoms with E-state index in [0.717, 1.165) is 24.8 Å². The minimum absolute atomic E-state index is 0. The second-order valence-electron chi connectivity index (χ2n) is 11.2. The Morgan fingerprint density at radius 1 is 0.681 bits per heavy atom. The van der Waals surface area contributed by atoms with Gasteiger partial charge in [-0.15, -0.1) is 37.2 Å². The Kier molecular flexibility index (Phi) is 29.8. The van der Waals surface area contributed by atoms with Gasteiger partial charge in [-0.3, -0.25) is 9.69 Å². The lowest BCUT2D eigenvalue weighted by Gasteiger charge is -2.33. The lowest BCUT2D eigenvalue weighted by Crippen LogP contribution is -2.53. The first-order valence-corrected chi connectivity index (χ1v) is 15.0. The Labute approximate surface area is 294 Å². The highest BCUT2D eigenvalue weighted by Gasteiger charge is 2.34. The van der Waals surface area contributed by atoms with Crippen molar-refractivity contribution in [3.8, 4) is 0 Å². The zero-order chi connectivity index (χ0) is 33.2. The molecular weight excluding hydrogens is 687 g/mol. The zero-order valence-electron chi connectivity index (χ0n) is 26.4. The van der Waals surface area contributed by atoms with Gasteiger partial charge in [0, 0.05) is 13.1 Å². The lowest BCUT2D eigenvalue weighted by molar-refractivity contribution is -0.130. The van der Waals surface area contributed by atoms with E-state index in [4.69, 9.17) is 21.7 Å². The van der Waals surface area contributed by atoms with E-state index in [2.05, 4.69) is 17.4 Å². The van der Waals surface area contributed by atoms with Crippen LogP contribution in [-0.2, 0) is 17.6 Å². The van der Waals surface area contributed by atoms with Crippen LogP contribution >= 0.6 is 37.2 Å². The van der Waals surface area contributed by atoms with E-state index < -0.39 is 74.0 Å². The van der Waals surface area contributed by atoms with Gasteiger partial charge in [-0.1, -0.05) is 24.3 Å². The number of primary amides is 1. The summed E-state index contributed by atoms with van der Waals surface area (Å²) in [6, 6.07) is 7.49. The van der Waals surface area contributed by atoms with Crippen molar-refractivity contribution in [3.63, 3.8) is 0 Å². The summed E-state index contributed by atoms with van der Waals surface area (Å²) < 4.78 is 0. The van der Waals surface area contributed by atoms with Crippen LogP contribution in [0, 0.1) is 0 Å².